The molecule has 1 aliphatic rings. The quantitative estimate of drug-likeness (QED) is 0.384. The van der Waals surface area contributed by atoms with E-state index in [1.54, 1.807) is 20.8 Å². The Labute approximate surface area is 156 Å². The lowest BCUT2D eigenvalue weighted by Gasteiger charge is -2.19. The molecule has 3 N–H and O–H groups in total. The number of esters is 1. The minimum atomic E-state index is -4.42. The van der Waals surface area contributed by atoms with Gasteiger partial charge < -0.3 is 20.1 Å². The number of rotatable bonds is 7. The molecule has 12 heteroatoms. The molecule has 1 fully saturated rings. The van der Waals surface area contributed by atoms with Crippen LogP contribution in [-0.2, 0) is 27.9 Å². The lowest BCUT2D eigenvalue weighted by molar-refractivity contribution is -0.160. The van der Waals surface area contributed by atoms with E-state index in [-0.39, 0.29) is 12.4 Å². The first kappa shape index (κ1) is 21.5. The largest absolute Gasteiger partial charge is 0.475 e. The van der Waals surface area contributed by atoms with E-state index in [4.69, 9.17) is 19.7 Å². The third-order valence-electron chi connectivity index (χ3n) is 3.69. The van der Waals surface area contributed by atoms with Crippen LogP contribution in [-0.4, -0.2) is 39.9 Å². The summed E-state index contributed by atoms with van der Waals surface area (Å²) in [6.45, 7) is 3.99. The predicted molar refractivity (Wildman–Crippen MR) is 93.3 cm³/mol. The van der Waals surface area contributed by atoms with Crippen LogP contribution < -0.4 is 11.4 Å². The van der Waals surface area contributed by atoms with Gasteiger partial charge in [0.05, 0.1) is 18.1 Å². The van der Waals surface area contributed by atoms with Gasteiger partial charge in [0.2, 0.25) is 6.79 Å². The minimum Gasteiger partial charge on any atom is -0.437 e. The van der Waals surface area contributed by atoms with Crippen LogP contribution in [0.5, 0.6) is 0 Å². The molecule has 1 saturated heterocycles. The number of ether oxygens (including phenoxy) is 2. The summed E-state index contributed by atoms with van der Waals surface area (Å²) in [4.78, 5) is 36.6. The highest BCUT2D eigenvalue weighted by molar-refractivity contribution is 7.47. The van der Waals surface area contributed by atoms with Crippen molar-refractivity contribution in [3.63, 3.8) is 0 Å². The van der Waals surface area contributed by atoms with Crippen molar-refractivity contribution >= 4 is 19.6 Å². The zero-order valence-corrected chi connectivity index (χ0v) is 16.3. The molecule has 0 aliphatic carbocycles. The molecule has 0 amide bonds. The number of phosphoric ester groups is 1. The van der Waals surface area contributed by atoms with Crippen LogP contribution in [0.1, 0.15) is 39.8 Å². The Kier molecular flexibility index (Phi) is 6.77. The summed E-state index contributed by atoms with van der Waals surface area (Å²) < 4.78 is 33.0. The van der Waals surface area contributed by atoms with Gasteiger partial charge in [-0.1, -0.05) is 0 Å². The molecule has 11 nitrogen and oxygen atoms in total. The summed E-state index contributed by atoms with van der Waals surface area (Å²) in [6.07, 6.45) is 1.40. The summed E-state index contributed by atoms with van der Waals surface area (Å²) in [5, 5.41) is 0. The maximum absolute atomic E-state index is 11.8. The van der Waals surface area contributed by atoms with Gasteiger partial charge in [-0.3, -0.25) is 13.9 Å². The van der Waals surface area contributed by atoms with E-state index in [0.29, 0.717) is 12.8 Å². The van der Waals surface area contributed by atoms with Gasteiger partial charge in [0, 0.05) is 6.20 Å². The van der Waals surface area contributed by atoms with Gasteiger partial charge in [-0.05, 0) is 39.7 Å². The van der Waals surface area contributed by atoms with E-state index < -0.39 is 44.0 Å². The number of nitrogen functional groups attached to an aromatic ring is 1. The Morgan fingerprint density at radius 3 is 2.78 bits per heavy atom. The first-order chi connectivity index (χ1) is 12.5. The monoisotopic (exact) mass is 405 g/mol. The molecule has 152 valence electrons. The first-order valence-corrected chi connectivity index (χ1v) is 9.77. The van der Waals surface area contributed by atoms with Crippen molar-refractivity contribution in [2.24, 2.45) is 5.41 Å². The Morgan fingerprint density at radius 1 is 1.44 bits per heavy atom. The third kappa shape index (κ3) is 6.40. The minimum absolute atomic E-state index is 0.111. The van der Waals surface area contributed by atoms with Crippen LogP contribution in [0.25, 0.3) is 0 Å². The maximum Gasteiger partial charge on any atom is 0.475 e. The van der Waals surface area contributed by atoms with Gasteiger partial charge >= 0.3 is 19.5 Å². The van der Waals surface area contributed by atoms with Crippen molar-refractivity contribution < 1.29 is 32.8 Å². The first-order valence-electron chi connectivity index (χ1n) is 8.27. The molecule has 0 radical (unpaired) electrons. The van der Waals surface area contributed by atoms with Crippen molar-refractivity contribution in [2.45, 2.75) is 45.9 Å². The number of nitrogens with zero attached hydrogens (tertiary/aromatic N) is 2. The highest BCUT2D eigenvalue weighted by Gasteiger charge is 2.31. The van der Waals surface area contributed by atoms with Gasteiger partial charge in [-0.25, -0.2) is 13.9 Å². The standard InChI is InChI=1S/C15H24N3O8P/c1-15(2,3)13(19)23-9-25-27(21,22)24-8-10-4-5-12(26-10)18-7-6-11(16)17-14(18)20/h6-7,10,12H,4-5,8-9H2,1-3H3,(H,21,22)(H2,16,17,20). The smallest absolute Gasteiger partial charge is 0.437 e. The van der Waals surface area contributed by atoms with Gasteiger partial charge in [-0.15, -0.1) is 0 Å². The fraction of sp³-hybridized carbons (Fsp3) is 0.667. The number of aromatic nitrogens is 2. The van der Waals surface area contributed by atoms with Gasteiger partial charge in [0.15, 0.2) is 0 Å². The van der Waals surface area contributed by atoms with E-state index in [2.05, 4.69) is 9.51 Å². The van der Waals surface area contributed by atoms with Crippen molar-refractivity contribution in [1.29, 1.82) is 0 Å². The molecule has 0 saturated carbocycles. The predicted octanol–water partition coefficient (Wildman–Crippen LogP) is 1.18. The number of nitrogens with two attached hydrogens (primary N) is 1. The summed E-state index contributed by atoms with van der Waals surface area (Å²) in [7, 11) is -4.42. The molecule has 2 rings (SSSR count). The van der Waals surface area contributed by atoms with E-state index in [9.17, 15) is 19.0 Å². The average molecular weight is 405 g/mol. The Bertz CT molecular complexity index is 775. The number of hydrogen-bond acceptors (Lipinski definition) is 9. The van der Waals surface area contributed by atoms with Crippen LogP contribution in [0.4, 0.5) is 5.82 Å². The van der Waals surface area contributed by atoms with Crippen molar-refractivity contribution in [3.05, 3.63) is 22.7 Å². The fourth-order valence-electron chi connectivity index (χ4n) is 2.24. The molecular weight excluding hydrogens is 381 g/mol. The number of hydrogen-bond donors (Lipinski definition) is 2. The molecule has 3 atom stereocenters. The van der Waals surface area contributed by atoms with Crippen LogP contribution in [0.2, 0.25) is 0 Å². The number of phosphoric acid groups is 1. The van der Waals surface area contributed by atoms with E-state index in [0.717, 1.165) is 0 Å². The van der Waals surface area contributed by atoms with Gasteiger partial charge in [-0.2, -0.15) is 4.98 Å². The zero-order chi connectivity index (χ0) is 20.2. The molecule has 1 aromatic heterocycles. The third-order valence-corrected chi connectivity index (χ3v) is 4.60. The van der Waals surface area contributed by atoms with E-state index >= 15 is 0 Å². The molecule has 1 aliphatic heterocycles. The summed E-state index contributed by atoms with van der Waals surface area (Å²) in [5.74, 6) is -0.466. The molecule has 0 bridgehead atoms. The Morgan fingerprint density at radius 2 is 2.15 bits per heavy atom. The molecule has 3 unspecified atom stereocenters. The van der Waals surface area contributed by atoms with Gasteiger partial charge in [0.1, 0.15) is 12.0 Å². The normalized spacial score (nSPS) is 22.4. The van der Waals surface area contributed by atoms with Crippen molar-refractivity contribution in [3.8, 4) is 0 Å². The molecule has 0 aromatic carbocycles. The van der Waals surface area contributed by atoms with E-state index in [1.807, 2.05) is 0 Å². The lowest BCUT2D eigenvalue weighted by atomic mass is 9.98. The SMILES string of the molecule is CC(C)(C)C(=O)OCOP(=O)(O)OCC1CCC(n2ccc(N)nc2=O)O1. The molecule has 1 aromatic rings. The molecular formula is C15H24N3O8P. The van der Waals surface area contributed by atoms with Crippen LogP contribution in [0, 0.1) is 5.41 Å². The highest BCUT2D eigenvalue weighted by Crippen LogP contribution is 2.44. The number of anilines is 1. The Balaban J connectivity index is 1.78. The lowest BCUT2D eigenvalue weighted by Crippen LogP contribution is -2.27. The van der Waals surface area contributed by atoms with Crippen molar-refractivity contribution in [1.82, 2.24) is 9.55 Å². The highest BCUT2D eigenvalue weighted by atomic mass is 31.2. The molecule has 2 heterocycles. The second-order valence-electron chi connectivity index (χ2n) is 7.03. The van der Waals surface area contributed by atoms with Crippen LogP contribution in [0.3, 0.4) is 0 Å². The second-order valence-corrected chi connectivity index (χ2v) is 8.48. The van der Waals surface area contributed by atoms with Crippen molar-refractivity contribution in [2.75, 3.05) is 19.1 Å². The zero-order valence-electron chi connectivity index (χ0n) is 15.4. The topological polar surface area (TPSA) is 152 Å². The number of carbonyl (C=O) groups is 1. The van der Waals surface area contributed by atoms with Gasteiger partial charge in [0.25, 0.3) is 0 Å². The van der Waals surface area contributed by atoms with Crippen LogP contribution >= 0.6 is 7.82 Å². The summed E-state index contributed by atoms with van der Waals surface area (Å²) in [5.41, 5.74) is 4.14. The van der Waals surface area contributed by atoms with E-state index in [1.165, 1.54) is 16.8 Å². The summed E-state index contributed by atoms with van der Waals surface area (Å²) >= 11 is 0. The maximum atomic E-state index is 11.8. The second kappa shape index (κ2) is 8.49. The fourth-order valence-corrected chi connectivity index (χ4v) is 2.85. The summed E-state index contributed by atoms with van der Waals surface area (Å²) in [6, 6.07) is 1.48. The Hall–Kier alpha value is -1.78. The average Bonchev–Trinajstić information content (AvgIpc) is 3.00. The molecule has 27 heavy (non-hydrogen) atoms. The molecule has 0 spiro atoms. The number of carbonyl (C=O) groups excluding carboxylic acids is 1. The van der Waals surface area contributed by atoms with Crippen LogP contribution in [0.15, 0.2) is 17.1 Å².